The molecule has 0 aliphatic heterocycles. The van der Waals surface area contributed by atoms with Gasteiger partial charge in [0.05, 0.1) is 11.6 Å². The first-order valence-electron chi connectivity index (χ1n) is 4.81. The summed E-state index contributed by atoms with van der Waals surface area (Å²) in [5.74, 6) is 0. The Morgan fingerprint density at radius 2 is 2.13 bits per heavy atom. The van der Waals surface area contributed by atoms with Crippen molar-refractivity contribution in [1.82, 2.24) is 15.3 Å². The Balaban J connectivity index is 1.98. The number of aromatic nitrogens is 2. The highest BCUT2D eigenvalue weighted by atomic mass is 32.1. The van der Waals surface area contributed by atoms with Crippen molar-refractivity contribution < 1.29 is 0 Å². The Morgan fingerprint density at radius 3 is 2.73 bits per heavy atom. The molecule has 0 aromatic carbocycles. The lowest BCUT2D eigenvalue weighted by atomic mass is 10.2. The van der Waals surface area contributed by atoms with Crippen LogP contribution in [0.15, 0.2) is 23.3 Å². The molecule has 0 amide bonds. The number of hydrogen-bond donors (Lipinski definition) is 1. The number of nitrogens with zero attached hydrogens (tertiary/aromatic N) is 2. The van der Waals surface area contributed by atoms with Crippen LogP contribution in [0.1, 0.15) is 35.8 Å². The van der Waals surface area contributed by atoms with Crippen LogP contribution < -0.4 is 5.32 Å². The maximum atomic E-state index is 4.29. The van der Waals surface area contributed by atoms with Gasteiger partial charge < -0.3 is 5.32 Å². The summed E-state index contributed by atoms with van der Waals surface area (Å²) < 4.78 is 0. The molecule has 0 aliphatic carbocycles. The van der Waals surface area contributed by atoms with Gasteiger partial charge in [-0.25, -0.2) is 4.98 Å². The zero-order valence-corrected chi connectivity index (χ0v) is 10.3. The van der Waals surface area contributed by atoms with Crippen molar-refractivity contribution in [3.63, 3.8) is 0 Å². The van der Waals surface area contributed by atoms with Gasteiger partial charge in [-0.1, -0.05) is 0 Å². The molecule has 2 aromatic rings. The first-order chi connectivity index (χ1) is 7.27. The van der Waals surface area contributed by atoms with Gasteiger partial charge >= 0.3 is 0 Å². The number of rotatable bonds is 4. The normalized spacial score (nSPS) is 15.1. The smallest absolute Gasteiger partial charge is 0.109 e. The lowest BCUT2D eigenvalue weighted by Gasteiger charge is -2.16. The van der Waals surface area contributed by atoms with E-state index < -0.39 is 0 Å². The van der Waals surface area contributed by atoms with Crippen LogP contribution in [0, 0.1) is 0 Å². The molecule has 2 rings (SSSR count). The average molecular weight is 239 g/mol. The number of nitrogens with one attached hydrogen (secondary N) is 1. The Kier molecular flexibility index (Phi) is 3.45. The van der Waals surface area contributed by atoms with E-state index in [-0.39, 0.29) is 0 Å². The van der Waals surface area contributed by atoms with E-state index in [4.69, 9.17) is 0 Å². The number of thiazole rings is 2. The highest BCUT2D eigenvalue weighted by molar-refractivity contribution is 7.09. The maximum Gasteiger partial charge on any atom is 0.109 e. The maximum absolute atomic E-state index is 4.29. The summed E-state index contributed by atoms with van der Waals surface area (Å²) in [7, 11) is 0. The van der Waals surface area contributed by atoms with Crippen molar-refractivity contribution in [2.45, 2.75) is 25.9 Å². The van der Waals surface area contributed by atoms with Gasteiger partial charge in [0.25, 0.3) is 0 Å². The van der Waals surface area contributed by atoms with Crippen molar-refractivity contribution in [3.05, 3.63) is 33.2 Å². The van der Waals surface area contributed by atoms with Gasteiger partial charge in [-0.05, 0) is 13.8 Å². The fraction of sp³-hybridized carbons (Fsp3) is 0.400. The summed E-state index contributed by atoms with van der Waals surface area (Å²) >= 11 is 3.36. The minimum absolute atomic E-state index is 0.294. The molecule has 80 valence electrons. The summed E-state index contributed by atoms with van der Waals surface area (Å²) in [5, 5.41) is 6.64. The Morgan fingerprint density at radius 1 is 1.27 bits per heavy atom. The molecule has 1 N–H and O–H groups in total. The van der Waals surface area contributed by atoms with Crippen LogP contribution >= 0.6 is 22.7 Å². The molecule has 2 aromatic heterocycles. The molecular formula is C10H13N3S2. The predicted molar refractivity (Wildman–Crippen MR) is 64.2 cm³/mol. The van der Waals surface area contributed by atoms with E-state index >= 15 is 0 Å². The first-order valence-corrected chi connectivity index (χ1v) is 6.57. The van der Waals surface area contributed by atoms with Gasteiger partial charge in [0.2, 0.25) is 0 Å². The molecule has 3 nitrogen and oxygen atoms in total. The van der Waals surface area contributed by atoms with E-state index in [1.165, 1.54) is 4.88 Å². The Hall–Kier alpha value is -0.780. The van der Waals surface area contributed by atoms with Crippen molar-refractivity contribution in [3.8, 4) is 0 Å². The molecule has 0 aliphatic rings. The van der Waals surface area contributed by atoms with E-state index in [1.807, 2.05) is 23.3 Å². The first kappa shape index (κ1) is 10.7. The monoisotopic (exact) mass is 239 g/mol. The molecule has 5 heteroatoms. The topological polar surface area (TPSA) is 37.8 Å². The van der Waals surface area contributed by atoms with Gasteiger partial charge in [-0.3, -0.25) is 4.98 Å². The summed E-state index contributed by atoms with van der Waals surface area (Å²) in [6, 6.07) is 0.624. The highest BCUT2D eigenvalue weighted by Crippen LogP contribution is 2.22. The van der Waals surface area contributed by atoms with Crippen molar-refractivity contribution in [2.75, 3.05) is 0 Å². The van der Waals surface area contributed by atoms with E-state index in [1.54, 1.807) is 22.7 Å². The molecule has 0 saturated carbocycles. The van der Waals surface area contributed by atoms with Gasteiger partial charge in [-0.2, -0.15) is 0 Å². The molecule has 2 heterocycles. The van der Waals surface area contributed by atoms with Gasteiger partial charge in [0, 0.05) is 28.7 Å². The standard InChI is InChI=1S/C10H13N3S2/c1-7(9-5-11-6-15-9)13-8(2)10-12-3-4-14-10/h3-8,13H,1-2H3. The minimum atomic E-state index is 0.294. The summed E-state index contributed by atoms with van der Waals surface area (Å²) in [6.45, 7) is 4.29. The molecule has 15 heavy (non-hydrogen) atoms. The summed E-state index contributed by atoms with van der Waals surface area (Å²) in [6.07, 6.45) is 3.76. The zero-order valence-electron chi connectivity index (χ0n) is 8.68. The van der Waals surface area contributed by atoms with Gasteiger partial charge in [0.1, 0.15) is 5.01 Å². The van der Waals surface area contributed by atoms with Crippen molar-refractivity contribution in [2.24, 2.45) is 0 Å². The average Bonchev–Trinajstić information content (AvgIpc) is 2.91. The second-order valence-electron chi connectivity index (χ2n) is 3.38. The fourth-order valence-corrected chi connectivity index (χ4v) is 2.71. The third-order valence-corrected chi connectivity index (χ3v) is 4.12. The quantitative estimate of drug-likeness (QED) is 0.891. The van der Waals surface area contributed by atoms with Crippen LogP contribution in [0.2, 0.25) is 0 Å². The third kappa shape index (κ3) is 2.62. The zero-order chi connectivity index (χ0) is 10.7. The Bertz CT molecular complexity index is 344. The highest BCUT2D eigenvalue weighted by Gasteiger charge is 2.13. The summed E-state index contributed by atoms with van der Waals surface area (Å²) in [5.41, 5.74) is 1.86. The number of hydrogen-bond acceptors (Lipinski definition) is 5. The van der Waals surface area contributed by atoms with Gasteiger partial charge in [0.15, 0.2) is 0 Å². The lowest BCUT2D eigenvalue weighted by Crippen LogP contribution is -2.21. The second-order valence-corrected chi connectivity index (χ2v) is 5.23. The lowest BCUT2D eigenvalue weighted by molar-refractivity contribution is 0.498. The van der Waals surface area contributed by atoms with E-state index in [9.17, 15) is 0 Å². The third-order valence-electron chi connectivity index (χ3n) is 2.20. The van der Waals surface area contributed by atoms with Crippen LogP contribution in [-0.4, -0.2) is 9.97 Å². The van der Waals surface area contributed by atoms with Gasteiger partial charge in [-0.15, -0.1) is 22.7 Å². The van der Waals surface area contributed by atoms with Crippen LogP contribution in [0.25, 0.3) is 0 Å². The van der Waals surface area contributed by atoms with E-state index in [0.29, 0.717) is 12.1 Å². The molecule has 2 atom stereocenters. The fourth-order valence-electron chi connectivity index (χ4n) is 1.42. The molecule has 2 unspecified atom stereocenters. The van der Waals surface area contributed by atoms with Crippen LogP contribution in [0.4, 0.5) is 0 Å². The Labute approximate surface area is 97.2 Å². The second kappa shape index (κ2) is 4.83. The molecule has 0 fully saturated rings. The molecular weight excluding hydrogens is 226 g/mol. The largest absolute Gasteiger partial charge is 0.301 e. The molecule has 0 spiro atoms. The van der Waals surface area contributed by atoms with E-state index in [2.05, 4.69) is 29.1 Å². The molecule has 0 radical (unpaired) electrons. The van der Waals surface area contributed by atoms with Crippen molar-refractivity contribution >= 4 is 22.7 Å². The summed E-state index contributed by atoms with van der Waals surface area (Å²) in [4.78, 5) is 9.64. The SMILES string of the molecule is CC(NC(C)c1nccs1)c1cncs1. The predicted octanol–water partition coefficient (Wildman–Crippen LogP) is 3.01. The van der Waals surface area contributed by atoms with Crippen LogP contribution in [-0.2, 0) is 0 Å². The molecule has 0 bridgehead atoms. The van der Waals surface area contributed by atoms with Crippen LogP contribution in [0.3, 0.4) is 0 Å². The van der Waals surface area contributed by atoms with Crippen LogP contribution in [0.5, 0.6) is 0 Å². The molecule has 0 saturated heterocycles. The minimum Gasteiger partial charge on any atom is -0.301 e. The van der Waals surface area contributed by atoms with Crippen molar-refractivity contribution in [1.29, 1.82) is 0 Å². The van der Waals surface area contributed by atoms with E-state index in [0.717, 1.165) is 5.01 Å².